The fraction of sp³-hybridized carbons (Fsp3) is 0.769. The van der Waals surface area contributed by atoms with Crippen LogP contribution in [0.4, 0.5) is 4.79 Å². The third kappa shape index (κ3) is 3.71. The first kappa shape index (κ1) is 15.3. The van der Waals surface area contributed by atoms with Crippen LogP contribution < -0.4 is 0 Å². The number of hydrogen-bond donors (Lipinski definition) is 0. The van der Waals surface area contributed by atoms with Gasteiger partial charge in [0, 0.05) is 13.1 Å². The molecule has 1 aromatic rings. The standard InChI is InChI=1S/C13H21BrN4O2/c1-9-7-17(12(19)20-13(2,3)4)6-5-10(9)18-8-11(14)15-16-18/h8-10H,5-7H2,1-4H3. The highest BCUT2D eigenvalue weighted by molar-refractivity contribution is 9.10. The minimum absolute atomic E-state index is 0.234. The first-order valence-electron chi connectivity index (χ1n) is 6.81. The zero-order valence-electron chi connectivity index (χ0n) is 12.3. The summed E-state index contributed by atoms with van der Waals surface area (Å²) in [5, 5.41) is 8.06. The molecule has 112 valence electrons. The van der Waals surface area contributed by atoms with Gasteiger partial charge in [-0.2, -0.15) is 0 Å². The van der Waals surface area contributed by atoms with E-state index in [-0.39, 0.29) is 12.1 Å². The van der Waals surface area contributed by atoms with Crippen LogP contribution in [0.1, 0.15) is 40.2 Å². The number of rotatable bonds is 1. The lowest BCUT2D eigenvalue weighted by atomic mass is 9.94. The van der Waals surface area contributed by atoms with Crippen molar-refractivity contribution < 1.29 is 9.53 Å². The number of nitrogens with zero attached hydrogens (tertiary/aromatic N) is 4. The second-order valence-corrected chi connectivity index (χ2v) is 7.09. The van der Waals surface area contributed by atoms with E-state index < -0.39 is 5.60 Å². The van der Waals surface area contributed by atoms with E-state index >= 15 is 0 Å². The van der Waals surface area contributed by atoms with E-state index in [1.54, 1.807) is 4.90 Å². The van der Waals surface area contributed by atoms with Gasteiger partial charge in [-0.15, -0.1) is 5.10 Å². The van der Waals surface area contributed by atoms with Crippen molar-refractivity contribution in [2.24, 2.45) is 5.92 Å². The van der Waals surface area contributed by atoms with Crippen molar-refractivity contribution >= 4 is 22.0 Å². The first-order chi connectivity index (χ1) is 9.26. The fourth-order valence-electron chi connectivity index (χ4n) is 2.44. The minimum Gasteiger partial charge on any atom is -0.444 e. The molecule has 1 amide bonds. The molecule has 1 saturated heterocycles. The van der Waals surface area contributed by atoms with E-state index in [1.165, 1.54) is 0 Å². The van der Waals surface area contributed by atoms with Crippen LogP contribution in [0.2, 0.25) is 0 Å². The molecule has 2 rings (SSSR count). The molecular formula is C13H21BrN4O2. The van der Waals surface area contributed by atoms with Gasteiger partial charge in [-0.1, -0.05) is 12.1 Å². The largest absolute Gasteiger partial charge is 0.444 e. The molecule has 0 saturated carbocycles. The Morgan fingerprint density at radius 2 is 2.20 bits per heavy atom. The molecule has 7 heteroatoms. The molecule has 1 aliphatic rings. The number of carbonyl (C=O) groups excluding carboxylic acids is 1. The van der Waals surface area contributed by atoms with Crippen molar-refractivity contribution in [1.82, 2.24) is 19.9 Å². The number of hydrogen-bond acceptors (Lipinski definition) is 4. The topological polar surface area (TPSA) is 60.2 Å². The van der Waals surface area contributed by atoms with Crippen molar-refractivity contribution in [2.45, 2.75) is 45.8 Å². The summed E-state index contributed by atoms with van der Waals surface area (Å²) in [5.41, 5.74) is -0.450. The number of halogens is 1. The summed E-state index contributed by atoms with van der Waals surface area (Å²) < 4.78 is 8.03. The molecule has 20 heavy (non-hydrogen) atoms. The smallest absolute Gasteiger partial charge is 0.410 e. The monoisotopic (exact) mass is 344 g/mol. The summed E-state index contributed by atoms with van der Waals surface area (Å²) in [6.45, 7) is 9.13. The van der Waals surface area contributed by atoms with Gasteiger partial charge in [0.25, 0.3) is 0 Å². The van der Waals surface area contributed by atoms with Gasteiger partial charge >= 0.3 is 6.09 Å². The average Bonchev–Trinajstić information content (AvgIpc) is 2.73. The summed E-state index contributed by atoms with van der Waals surface area (Å²) in [4.78, 5) is 13.8. The fourth-order valence-corrected chi connectivity index (χ4v) is 2.72. The summed E-state index contributed by atoms with van der Waals surface area (Å²) >= 11 is 3.31. The van der Waals surface area contributed by atoms with Gasteiger partial charge in [0.05, 0.1) is 12.2 Å². The molecule has 2 heterocycles. The van der Waals surface area contributed by atoms with Crippen LogP contribution in [-0.2, 0) is 4.74 Å². The summed E-state index contributed by atoms with van der Waals surface area (Å²) in [6, 6.07) is 0.271. The normalized spacial score (nSPS) is 23.8. The van der Waals surface area contributed by atoms with E-state index in [1.807, 2.05) is 31.6 Å². The van der Waals surface area contributed by atoms with Gasteiger partial charge in [0.15, 0.2) is 0 Å². The van der Waals surface area contributed by atoms with Crippen LogP contribution in [0.15, 0.2) is 10.8 Å². The predicted octanol–water partition coefficient (Wildman–Crippen LogP) is 2.86. The van der Waals surface area contributed by atoms with Crippen molar-refractivity contribution in [1.29, 1.82) is 0 Å². The molecule has 1 aliphatic heterocycles. The summed E-state index contributed by atoms with van der Waals surface area (Å²) in [7, 11) is 0. The number of piperidine rings is 1. The van der Waals surface area contributed by atoms with Gasteiger partial charge < -0.3 is 9.64 Å². The molecule has 0 radical (unpaired) electrons. The van der Waals surface area contributed by atoms with E-state index in [9.17, 15) is 4.79 Å². The molecule has 0 aliphatic carbocycles. The third-order valence-electron chi connectivity index (χ3n) is 3.33. The van der Waals surface area contributed by atoms with Crippen LogP contribution in [0.3, 0.4) is 0 Å². The predicted molar refractivity (Wildman–Crippen MR) is 78.3 cm³/mol. The lowest BCUT2D eigenvalue weighted by molar-refractivity contribution is 0.0117. The Hall–Kier alpha value is -1.11. The molecule has 1 fully saturated rings. The maximum Gasteiger partial charge on any atom is 0.410 e. The highest BCUT2D eigenvalue weighted by atomic mass is 79.9. The van der Waals surface area contributed by atoms with E-state index in [2.05, 4.69) is 33.2 Å². The number of ether oxygens (including phenoxy) is 1. The lowest BCUT2D eigenvalue weighted by Gasteiger charge is -2.37. The third-order valence-corrected chi connectivity index (χ3v) is 3.70. The Morgan fingerprint density at radius 1 is 1.50 bits per heavy atom. The average molecular weight is 345 g/mol. The first-order valence-corrected chi connectivity index (χ1v) is 7.61. The molecule has 0 spiro atoms. The quantitative estimate of drug-likeness (QED) is 0.785. The van der Waals surface area contributed by atoms with Crippen molar-refractivity contribution in [3.05, 3.63) is 10.8 Å². The lowest BCUT2D eigenvalue weighted by Crippen LogP contribution is -2.45. The van der Waals surface area contributed by atoms with Crippen molar-refractivity contribution in [2.75, 3.05) is 13.1 Å². The van der Waals surface area contributed by atoms with Crippen LogP contribution in [-0.4, -0.2) is 44.7 Å². The molecule has 2 atom stereocenters. The maximum atomic E-state index is 12.1. The summed E-state index contributed by atoms with van der Waals surface area (Å²) in [6.07, 6.45) is 2.50. The molecule has 0 bridgehead atoms. The molecule has 0 N–H and O–H groups in total. The zero-order chi connectivity index (χ0) is 14.9. The van der Waals surface area contributed by atoms with Gasteiger partial charge in [-0.3, -0.25) is 0 Å². The van der Waals surface area contributed by atoms with Crippen molar-refractivity contribution in [3.8, 4) is 0 Å². The minimum atomic E-state index is -0.450. The Labute approximate surface area is 127 Å². The van der Waals surface area contributed by atoms with E-state index in [0.717, 1.165) is 11.0 Å². The second kappa shape index (κ2) is 5.71. The van der Waals surface area contributed by atoms with Gasteiger partial charge in [-0.05, 0) is 49.0 Å². The van der Waals surface area contributed by atoms with Crippen LogP contribution >= 0.6 is 15.9 Å². The zero-order valence-corrected chi connectivity index (χ0v) is 13.9. The maximum absolute atomic E-state index is 12.1. The number of carbonyl (C=O) groups is 1. The molecule has 6 nitrogen and oxygen atoms in total. The Morgan fingerprint density at radius 3 is 2.70 bits per heavy atom. The van der Waals surface area contributed by atoms with Crippen molar-refractivity contribution in [3.63, 3.8) is 0 Å². The highest BCUT2D eigenvalue weighted by Crippen LogP contribution is 2.28. The van der Waals surface area contributed by atoms with Crippen LogP contribution in [0.25, 0.3) is 0 Å². The number of aromatic nitrogens is 3. The number of amides is 1. The molecule has 0 aromatic carbocycles. The Bertz CT molecular complexity index is 483. The van der Waals surface area contributed by atoms with E-state index in [0.29, 0.717) is 19.0 Å². The van der Waals surface area contributed by atoms with Gasteiger partial charge in [0.2, 0.25) is 0 Å². The Kier molecular flexibility index (Phi) is 4.36. The summed E-state index contributed by atoms with van der Waals surface area (Å²) in [5.74, 6) is 0.310. The highest BCUT2D eigenvalue weighted by Gasteiger charge is 2.32. The number of likely N-dealkylation sites (tertiary alicyclic amines) is 1. The second-order valence-electron chi connectivity index (χ2n) is 6.28. The van der Waals surface area contributed by atoms with Gasteiger partial charge in [0.1, 0.15) is 10.2 Å². The molecular weight excluding hydrogens is 324 g/mol. The molecule has 2 unspecified atom stereocenters. The SMILES string of the molecule is CC1CN(C(=O)OC(C)(C)C)CCC1n1cc(Br)nn1. The van der Waals surface area contributed by atoms with E-state index in [4.69, 9.17) is 4.74 Å². The van der Waals surface area contributed by atoms with Crippen LogP contribution in [0.5, 0.6) is 0 Å². The molecule has 1 aromatic heterocycles. The van der Waals surface area contributed by atoms with Gasteiger partial charge in [-0.25, -0.2) is 9.48 Å². The van der Waals surface area contributed by atoms with Crippen LogP contribution in [0, 0.1) is 5.92 Å². The Balaban J connectivity index is 1.97.